The molecule has 0 saturated heterocycles. The van der Waals surface area contributed by atoms with Gasteiger partial charge in [-0.15, -0.1) is 0 Å². The second kappa shape index (κ2) is 8.84. The van der Waals surface area contributed by atoms with Gasteiger partial charge in [-0.3, -0.25) is 9.59 Å². The van der Waals surface area contributed by atoms with Crippen molar-refractivity contribution in [3.05, 3.63) is 83.6 Å². The molecule has 4 rings (SSSR count). The average Bonchev–Trinajstić information content (AvgIpc) is 3.44. The van der Waals surface area contributed by atoms with Crippen LogP contribution >= 0.6 is 0 Å². The number of rotatable bonds is 6. The summed E-state index contributed by atoms with van der Waals surface area (Å²) < 4.78 is 7.52. The maximum absolute atomic E-state index is 13.6. The predicted octanol–water partition coefficient (Wildman–Crippen LogP) is 4.12. The van der Waals surface area contributed by atoms with Gasteiger partial charge in [-0.1, -0.05) is 38.1 Å². The van der Waals surface area contributed by atoms with Gasteiger partial charge in [0.15, 0.2) is 5.76 Å². The molecule has 31 heavy (non-hydrogen) atoms. The van der Waals surface area contributed by atoms with E-state index in [0.717, 1.165) is 23.4 Å². The van der Waals surface area contributed by atoms with Crippen molar-refractivity contribution in [3.8, 4) is 0 Å². The van der Waals surface area contributed by atoms with Crippen molar-refractivity contribution in [2.24, 2.45) is 5.92 Å². The molecule has 6 heteroatoms. The molecule has 0 radical (unpaired) electrons. The summed E-state index contributed by atoms with van der Waals surface area (Å²) in [4.78, 5) is 30.1. The number of fused-ring (bicyclic) bond motifs is 1. The fourth-order valence-corrected chi connectivity index (χ4v) is 4.34. The number of carbonyl (C=O) groups is 2. The van der Waals surface area contributed by atoms with Crippen LogP contribution in [0.3, 0.4) is 0 Å². The molecule has 0 N–H and O–H groups in total. The van der Waals surface area contributed by atoms with Crippen molar-refractivity contribution in [1.82, 2.24) is 14.4 Å². The van der Waals surface area contributed by atoms with Crippen LogP contribution in [0.25, 0.3) is 0 Å². The first kappa shape index (κ1) is 21.0. The van der Waals surface area contributed by atoms with E-state index in [2.05, 4.69) is 35.9 Å². The van der Waals surface area contributed by atoms with Gasteiger partial charge in [-0.2, -0.15) is 0 Å². The van der Waals surface area contributed by atoms with Gasteiger partial charge in [-0.25, -0.2) is 0 Å². The Kier molecular flexibility index (Phi) is 5.98. The summed E-state index contributed by atoms with van der Waals surface area (Å²) in [6.45, 7) is 8.01. The van der Waals surface area contributed by atoms with Crippen LogP contribution in [0.1, 0.15) is 47.3 Å². The van der Waals surface area contributed by atoms with E-state index in [1.807, 2.05) is 36.9 Å². The van der Waals surface area contributed by atoms with E-state index < -0.39 is 0 Å². The fourth-order valence-electron chi connectivity index (χ4n) is 4.34. The van der Waals surface area contributed by atoms with Gasteiger partial charge in [0.2, 0.25) is 5.91 Å². The molecule has 3 heterocycles. The Morgan fingerprint density at radius 2 is 1.90 bits per heavy atom. The second-order valence-corrected chi connectivity index (χ2v) is 8.53. The summed E-state index contributed by atoms with van der Waals surface area (Å²) in [5, 5.41) is 0. The monoisotopic (exact) mass is 419 g/mol. The molecule has 0 bridgehead atoms. The largest absolute Gasteiger partial charge is 0.459 e. The number of nitrogens with zero attached hydrogens (tertiary/aromatic N) is 3. The van der Waals surface area contributed by atoms with Gasteiger partial charge < -0.3 is 18.8 Å². The third kappa shape index (κ3) is 4.29. The first-order valence-corrected chi connectivity index (χ1v) is 10.8. The number of carbonyl (C=O) groups excluding carboxylic acids is 2. The number of aromatic nitrogens is 1. The minimum atomic E-state index is -0.250. The first-order chi connectivity index (χ1) is 15.0. The molecule has 0 saturated carbocycles. The van der Waals surface area contributed by atoms with Crippen LogP contribution in [0.4, 0.5) is 0 Å². The molecular weight excluding hydrogens is 390 g/mol. The smallest absolute Gasteiger partial charge is 0.290 e. The van der Waals surface area contributed by atoms with Gasteiger partial charge in [-0.05, 0) is 48.2 Å². The minimum Gasteiger partial charge on any atom is -0.459 e. The third-order valence-electron chi connectivity index (χ3n) is 5.77. The van der Waals surface area contributed by atoms with Crippen LogP contribution in [0.2, 0.25) is 0 Å². The highest BCUT2D eigenvalue weighted by atomic mass is 16.3. The number of hydrogen-bond donors (Lipinski definition) is 0. The van der Waals surface area contributed by atoms with E-state index in [0.29, 0.717) is 13.1 Å². The molecule has 6 nitrogen and oxygen atoms in total. The van der Waals surface area contributed by atoms with E-state index in [1.54, 1.807) is 17.0 Å². The summed E-state index contributed by atoms with van der Waals surface area (Å²) >= 11 is 0. The number of hydrogen-bond acceptors (Lipinski definition) is 3. The second-order valence-electron chi connectivity index (χ2n) is 8.53. The zero-order valence-electron chi connectivity index (χ0n) is 18.3. The van der Waals surface area contributed by atoms with Crippen molar-refractivity contribution >= 4 is 11.8 Å². The number of furan rings is 1. The zero-order chi connectivity index (χ0) is 22.0. The summed E-state index contributed by atoms with van der Waals surface area (Å²) in [7, 11) is 0. The highest BCUT2D eigenvalue weighted by Gasteiger charge is 2.34. The maximum Gasteiger partial charge on any atom is 0.290 e. The lowest BCUT2D eigenvalue weighted by Crippen LogP contribution is -2.48. The number of aryl methyl sites for hydroxylation is 1. The van der Waals surface area contributed by atoms with Gasteiger partial charge >= 0.3 is 0 Å². The Morgan fingerprint density at radius 3 is 2.61 bits per heavy atom. The molecule has 1 aliphatic heterocycles. The Hall–Kier alpha value is -3.28. The molecule has 2 amide bonds. The van der Waals surface area contributed by atoms with E-state index in [9.17, 15) is 9.59 Å². The standard InChI is InChI=1S/C25H29N3O3/c1-18(2)16-27(25(30)22-11-7-15-31-22)17-23(29)28-14-13-26-12-6-10-21(26)24(28)20-9-5-4-8-19(20)3/h4-12,15,18,24H,13-14,16-17H2,1-3H3/t24-/m0/s1. The average molecular weight is 420 g/mol. The van der Waals surface area contributed by atoms with Gasteiger partial charge in [0.1, 0.15) is 6.54 Å². The molecule has 3 aromatic rings. The summed E-state index contributed by atoms with van der Waals surface area (Å²) in [5.41, 5.74) is 3.36. The fraction of sp³-hybridized carbons (Fsp3) is 0.360. The van der Waals surface area contributed by atoms with Crippen molar-refractivity contribution in [1.29, 1.82) is 0 Å². The van der Waals surface area contributed by atoms with Crippen molar-refractivity contribution in [3.63, 3.8) is 0 Å². The summed E-state index contributed by atoms with van der Waals surface area (Å²) in [6.07, 6.45) is 3.55. The zero-order valence-corrected chi connectivity index (χ0v) is 18.3. The molecule has 0 fully saturated rings. The van der Waals surface area contributed by atoms with Crippen LogP contribution in [0, 0.1) is 12.8 Å². The Bertz CT molecular complexity index is 1050. The van der Waals surface area contributed by atoms with Crippen molar-refractivity contribution in [2.45, 2.75) is 33.4 Å². The highest BCUT2D eigenvalue weighted by Crippen LogP contribution is 2.34. The molecule has 0 spiro atoms. The van der Waals surface area contributed by atoms with E-state index in [1.165, 1.54) is 6.26 Å². The van der Waals surface area contributed by atoms with Crippen molar-refractivity contribution < 1.29 is 14.0 Å². The van der Waals surface area contributed by atoms with Gasteiger partial charge in [0, 0.05) is 31.5 Å². The van der Waals surface area contributed by atoms with Crippen molar-refractivity contribution in [2.75, 3.05) is 19.6 Å². The topological polar surface area (TPSA) is 58.7 Å². The Morgan fingerprint density at radius 1 is 1.10 bits per heavy atom. The maximum atomic E-state index is 13.6. The molecule has 1 aliphatic rings. The number of benzene rings is 1. The lowest BCUT2D eigenvalue weighted by molar-refractivity contribution is -0.134. The molecule has 2 aromatic heterocycles. The van der Waals surface area contributed by atoms with Gasteiger partial charge in [0.05, 0.1) is 12.3 Å². The van der Waals surface area contributed by atoms with Gasteiger partial charge in [0.25, 0.3) is 5.91 Å². The van der Waals surface area contributed by atoms with E-state index in [4.69, 9.17) is 4.42 Å². The highest BCUT2D eigenvalue weighted by molar-refractivity contribution is 5.94. The van der Waals surface area contributed by atoms with E-state index >= 15 is 0 Å². The SMILES string of the molecule is Cc1ccccc1[C@H]1c2cccn2CCN1C(=O)CN(CC(C)C)C(=O)c1ccco1. The van der Waals surface area contributed by atoms with Crippen LogP contribution in [-0.2, 0) is 11.3 Å². The molecule has 162 valence electrons. The summed E-state index contributed by atoms with van der Waals surface area (Å²) in [6, 6.07) is 15.5. The lowest BCUT2D eigenvalue weighted by atomic mass is 9.95. The Balaban J connectivity index is 1.64. The predicted molar refractivity (Wildman–Crippen MR) is 119 cm³/mol. The third-order valence-corrected chi connectivity index (χ3v) is 5.77. The number of amides is 2. The lowest BCUT2D eigenvalue weighted by Gasteiger charge is -2.39. The van der Waals surface area contributed by atoms with E-state index in [-0.39, 0.29) is 36.1 Å². The van der Waals surface area contributed by atoms with Crippen LogP contribution in [0.15, 0.2) is 65.4 Å². The minimum absolute atomic E-state index is 0.0286. The van der Waals surface area contributed by atoms with Crippen LogP contribution in [0.5, 0.6) is 0 Å². The first-order valence-electron chi connectivity index (χ1n) is 10.8. The summed E-state index contributed by atoms with van der Waals surface area (Å²) in [5.74, 6) is 0.190. The quantitative estimate of drug-likeness (QED) is 0.604. The van der Waals surface area contributed by atoms with Crippen LogP contribution < -0.4 is 0 Å². The van der Waals surface area contributed by atoms with Crippen LogP contribution in [-0.4, -0.2) is 45.8 Å². The molecule has 1 atom stereocenters. The molecule has 0 aliphatic carbocycles. The molecular formula is C25H29N3O3. The Labute approximate surface area is 183 Å². The normalized spacial score (nSPS) is 15.7. The molecule has 1 aromatic carbocycles. The molecule has 0 unspecified atom stereocenters.